The quantitative estimate of drug-likeness (QED) is 0.837. The minimum atomic E-state index is -4.58. The summed E-state index contributed by atoms with van der Waals surface area (Å²) in [4.78, 5) is 22.9. The van der Waals surface area contributed by atoms with Gasteiger partial charge < -0.3 is 10.4 Å². The lowest BCUT2D eigenvalue weighted by molar-refractivity contribution is -0.139. The minimum absolute atomic E-state index is 0.161. The highest BCUT2D eigenvalue weighted by Gasteiger charge is 2.32. The molecule has 1 rings (SSSR count). The zero-order valence-corrected chi connectivity index (χ0v) is 12.6. The molecule has 116 valence electrons. The molecule has 0 fully saturated rings. The molecule has 0 aliphatic carbocycles. The average Bonchev–Trinajstić information content (AvgIpc) is 2.36. The highest BCUT2D eigenvalue weighted by atomic mass is 79.9. The van der Waals surface area contributed by atoms with E-state index >= 15 is 0 Å². The summed E-state index contributed by atoms with van der Waals surface area (Å²) in [7, 11) is 0. The SMILES string of the molecule is CCC[C@@H](NC(=O)c1cc(C(F)(F)F)ccc1Br)C(=O)O. The third kappa shape index (κ3) is 4.73. The van der Waals surface area contributed by atoms with E-state index in [2.05, 4.69) is 21.2 Å². The van der Waals surface area contributed by atoms with Crippen LogP contribution in [-0.2, 0) is 11.0 Å². The van der Waals surface area contributed by atoms with Crippen LogP contribution in [0.5, 0.6) is 0 Å². The first-order valence-corrected chi connectivity index (χ1v) is 6.86. The van der Waals surface area contributed by atoms with E-state index in [-0.39, 0.29) is 16.5 Å². The smallest absolute Gasteiger partial charge is 0.416 e. The first-order valence-electron chi connectivity index (χ1n) is 6.07. The lowest BCUT2D eigenvalue weighted by Gasteiger charge is -2.15. The topological polar surface area (TPSA) is 66.4 Å². The predicted octanol–water partition coefficient (Wildman–Crippen LogP) is 3.45. The Bertz CT molecular complexity index is 546. The number of amides is 1. The van der Waals surface area contributed by atoms with Gasteiger partial charge in [0.25, 0.3) is 5.91 Å². The molecule has 0 saturated heterocycles. The van der Waals surface area contributed by atoms with Gasteiger partial charge in [-0.3, -0.25) is 4.79 Å². The van der Waals surface area contributed by atoms with Crippen LogP contribution in [0.4, 0.5) is 13.2 Å². The van der Waals surface area contributed by atoms with E-state index in [1.165, 1.54) is 0 Å². The van der Waals surface area contributed by atoms with Gasteiger partial charge >= 0.3 is 12.1 Å². The Balaban J connectivity index is 3.04. The molecule has 1 atom stereocenters. The van der Waals surface area contributed by atoms with Crippen molar-refractivity contribution < 1.29 is 27.9 Å². The molecule has 4 nitrogen and oxygen atoms in total. The molecule has 1 aromatic carbocycles. The molecule has 8 heteroatoms. The lowest BCUT2D eigenvalue weighted by atomic mass is 10.1. The first kappa shape index (κ1) is 17.5. The Labute approximate surface area is 127 Å². The first-order chi connectivity index (χ1) is 9.66. The van der Waals surface area contributed by atoms with Crippen LogP contribution < -0.4 is 5.32 Å². The summed E-state index contributed by atoms with van der Waals surface area (Å²) in [5.74, 6) is -2.10. The number of alkyl halides is 3. The van der Waals surface area contributed by atoms with Gasteiger partial charge in [0.05, 0.1) is 11.1 Å². The molecule has 0 spiro atoms. The van der Waals surface area contributed by atoms with Gasteiger partial charge in [-0.15, -0.1) is 0 Å². The van der Waals surface area contributed by atoms with Crippen molar-refractivity contribution in [1.82, 2.24) is 5.32 Å². The third-order valence-electron chi connectivity index (χ3n) is 2.72. The molecule has 0 unspecified atom stereocenters. The zero-order valence-electron chi connectivity index (χ0n) is 11.0. The van der Waals surface area contributed by atoms with Gasteiger partial charge in [-0.2, -0.15) is 13.2 Å². The fourth-order valence-corrected chi connectivity index (χ4v) is 2.08. The van der Waals surface area contributed by atoms with Crippen LogP contribution in [-0.4, -0.2) is 23.0 Å². The minimum Gasteiger partial charge on any atom is -0.480 e. The van der Waals surface area contributed by atoms with Gasteiger partial charge in [0.15, 0.2) is 0 Å². The van der Waals surface area contributed by atoms with Crippen molar-refractivity contribution in [2.24, 2.45) is 0 Å². The average molecular weight is 368 g/mol. The van der Waals surface area contributed by atoms with Crippen molar-refractivity contribution in [3.63, 3.8) is 0 Å². The highest BCUT2D eigenvalue weighted by molar-refractivity contribution is 9.10. The van der Waals surface area contributed by atoms with Crippen molar-refractivity contribution in [3.8, 4) is 0 Å². The summed E-state index contributed by atoms with van der Waals surface area (Å²) in [6, 6.07) is 1.49. The standard InChI is InChI=1S/C13H13BrF3NO3/c1-2-3-10(12(20)21)18-11(19)8-6-7(13(15,16)17)4-5-9(8)14/h4-6,10H,2-3H2,1H3,(H,18,19)(H,20,21)/t10-/m1/s1. The molecule has 21 heavy (non-hydrogen) atoms. The summed E-state index contributed by atoms with van der Waals surface area (Å²) >= 11 is 2.99. The number of benzene rings is 1. The Kier molecular flexibility index (Phi) is 5.77. The Morgan fingerprint density at radius 2 is 2.00 bits per heavy atom. The fraction of sp³-hybridized carbons (Fsp3) is 0.385. The Morgan fingerprint density at radius 1 is 1.38 bits per heavy atom. The van der Waals surface area contributed by atoms with Crippen LogP contribution in [0.1, 0.15) is 35.7 Å². The van der Waals surface area contributed by atoms with Crippen molar-refractivity contribution in [2.45, 2.75) is 32.0 Å². The summed E-state index contributed by atoms with van der Waals surface area (Å²) < 4.78 is 38.1. The van der Waals surface area contributed by atoms with E-state index in [4.69, 9.17) is 5.11 Å². The second kappa shape index (κ2) is 6.93. The summed E-state index contributed by atoms with van der Waals surface area (Å²) in [6.45, 7) is 1.74. The van der Waals surface area contributed by atoms with E-state index < -0.39 is 29.7 Å². The van der Waals surface area contributed by atoms with Crippen LogP contribution in [0.2, 0.25) is 0 Å². The third-order valence-corrected chi connectivity index (χ3v) is 3.41. The summed E-state index contributed by atoms with van der Waals surface area (Å²) in [5, 5.41) is 11.2. The maximum absolute atomic E-state index is 12.6. The molecule has 0 radical (unpaired) electrons. The Hall–Kier alpha value is -1.57. The molecule has 1 aromatic rings. The van der Waals surface area contributed by atoms with Crippen LogP contribution in [0, 0.1) is 0 Å². The number of carbonyl (C=O) groups excluding carboxylic acids is 1. The molecular weight excluding hydrogens is 355 g/mol. The number of halogens is 4. The Morgan fingerprint density at radius 3 is 2.48 bits per heavy atom. The van der Waals surface area contributed by atoms with E-state index in [0.717, 1.165) is 12.1 Å². The van der Waals surface area contributed by atoms with E-state index in [1.54, 1.807) is 6.92 Å². The summed E-state index contributed by atoms with van der Waals surface area (Å²) in [6.07, 6.45) is -3.87. The molecule has 0 aliphatic heterocycles. The molecule has 0 aromatic heterocycles. The molecule has 2 N–H and O–H groups in total. The van der Waals surface area contributed by atoms with Crippen LogP contribution in [0.25, 0.3) is 0 Å². The number of hydrogen-bond donors (Lipinski definition) is 2. The number of carboxylic acid groups (broad SMARTS) is 1. The van der Waals surface area contributed by atoms with Gasteiger partial charge in [-0.25, -0.2) is 4.79 Å². The van der Waals surface area contributed by atoms with Crippen molar-refractivity contribution in [3.05, 3.63) is 33.8 Å². The van der Waals surface area contributed by atoms with Crippen LogP contribution in [0.15, 0.2) is 22.7 Å². The van der Waals surface area contributed by atoms with Gasteiger partial charge in [-0.1, -0.05) is 13.3 Å². The van der Waals surface area contributed by atoms with Crippen LogP contribution >= 0.6 is 15.9 Å². The van der Waals surface area contributed by atoms with Gasteiger partial charge in [0.2, 0.25) is 0 Å². The van der Waals surface area contributed by atoms with Gasteiger partial charge in [0.1, 0.15) is 6.04 Å². The summed E-state index contributed by atoms with van der Waals surface area (Å²) in [5.41, 5.74) is -1.23. The van der Waals surface area contributed by atoms with Gasteiger partial charge in [-0.05, 0) is 40.5 Å². The molecule has 0 heterocycles. The monoisotopic (exact) mass is 367 g/mol. The molecule has 0 saturated carbocycles. The molecular formula is C13H13BrF3NO3. The largest absolute Gasteiger partial charge is 0.480 e. The van der Waals surface area contributed by atoms with Gasteiger partial charge in [0, 0.05) is 4.47 Å². The maximum Gasteiger partial charge on any atom is 0.416 e. The molecule has 0 bridgehead atoms. The van der Waals surface area contributed by atoms with E-state index in [9.17, 15) is 22.8 Å². The normalized spacial score (nSPS) is 12.8. The van der Waals surface area contributed by atoms with Crippen molar-refractivity contribution in [2.75, 3.05) is 0 Å². The second-order valence-electron chi connectivity index (χ2n) is 4.35. The maximum atomic E-state index is 12.6. The number of carbonyl (C=O) groups is 2. The number of hydrogen-bond acceptors (Lipinski definition) is 2. The lowest BCUT2D eigenvalue weighted by Crippen LogP contribution is -2.40. The predicted molar refractivity (Wildman–Crippen MR) is 72.9 cm³/mol. The highest BCUT2D eigenvalue weighted by Crippen LogP contribution is 2.31. The molecule has 1 amide bonds. The van der Waals surface area contributed by atoms with E-state index in [0.29, 0.717) is 12.5 Å². The number of rotatable bonds is 5. The zero-order chi connectivity index (χ0) is 16.2. The number of nitrogens with one attached hydrogen (secondary N) is 1. The fourth-order valence-electron chi connectivity index (χ4n) is 1.66. The number of aliphatic carboxylic acids is 1. The van der Waals surface area contributed by atoms with Crippen LogP contribution in [0.3, 0.4) is 0 Å². The van der Waals surface area contributed by atoms with Crippen molar-refractivity contribution >= 4 is 27.8 Å². The number of carboxylic acids is 1. The second-order valence-corrected chi connectivity index (χ2v) is 5.20. The molecule has 0 aliphatic rings. The van der Waals surface area contributed by atoms with Crippen molar-refractivity contribution in [1.29, 1.82) is 0 Å². The van der Waals surface area contributed by atoms with E-state index in [1.807, 2.05) is 0 Å².